The van der Waals surface area contributed by atoms with Gasteiger partial charge in [0.15, 0.2) is 0 Å². The highest BCUT2D eigenvalue weighted by Crippen LogP contribution is 2.20. The van der Waals surface area contributed by atoms with E-state index in [2.05, 4.69) is 14.5 Å². The van der Waals surface area contributed by atoms with Gasteiger partial charge in [-0.2, -0.15) is 0 Å². The number of carbonyl (C=O) groups is 2. The molecule has 8 nitrogen and oxygen atoms in total. The van der Waals surface area contributed by atoms with Gasteiger partial charge in [-0.3, -0.25) is 4.79 Å². The molecule has 2 rings (SSSR count). The second-order valence-electron chi connectivity index (χ2n) is 6.07. The lowest BCUT2D eigenvalue weighted by Crippen LogP contribution is -2.11. The zero-order valence-electron chi connectivity index (χ0n) is 18.9. The van der Waals surface area contributed by atoms with Gasteiger partial charge in [-0.05, 0) is 51.0 Å². The lowest BCUT2D eigenvalue weighted by Gasteiger charge is -2.02. The number of ether oxygens (including phenoxy) is 4. The molecule has 0 saturated heterocycles. The first kappa shape index (κ1) is 27.8. The minimum atomic E-state index is -0.374. The largest absolute Gasteiger partial charge is 0.466 e. The van der Waals surface area contributed by atoms with Crippen LogP contribution < -0.4 is 0 Å². The number of nitrogens with zero attached hydrogens (tertiary/aromatic N) is 2. The van der Waals surface area contributed by atoms with Crippen LogP contribution in [0.25, 0.3) is 11.0 Å². The van der Waals surface area contributed by atoms with Crippen molar-refractivity contribution in [3.05, 3.63) is 29.1 Å². The number of benzene rings is 1. The fourth-order valence-corrected chi connectivity index (χ4v) is 2.33. The van der Waals surface area contributed by atoms with E-state index >= 15 is 0 Å². The zero-order valence-corrected chi connectivity index (χ0v) is 19.7. The van der Waals surface area contributed by atoms with Crippen molar-refractivity contribution in [1.29, 1.82) is 0 Å². The summed E-state index contributed by atoms with van der Waals surface area (Å²) in [6.07, 6.45) is 0. The fourth-order valence-electron chi connectivity index (χ4n) is 2.23. The van der Waals surface area contributed by atoms with Crippen molar-refractivity contribution >= 4 is 34.6 Å². The number of carbonyl (C=O) groups excluding carboxylic acids is 2. The van der Waals surface area contributed by atoms with E-state index in [1.165, 1.54) is 18.1 Å². The maximum absolute atomic E-state index is 11.7. The highest BCUT2D eigenvalue weighted by atomic mass is 35.5. The Morgan fingerprint density at radius 1 is 1.07 bits per heavy atom. The van der Waals surface area contributed by atoms with Crippen molar-refractivity contribution in [2.75, 3.05) is 39.6 Å². The molecule has 0 bridgehead atoms. The second-order valence-corrected chi connectivity index (χ2v) is 6.29. The van der Waals surface area contributed by atoms with Crippen LogP contribution in [0.1, 0.15) is 42.5 Å². The molecule has 170 valence electrons. The topological polar surface area (TPSA) is 88.9 Å². The predicted octanol–water partition coefficient (Wildman–Crippen LogP) is 3.78. The Hall–Kier alpha value is -2.16. The Morgan fingerprint density at radius 2 is 1.67 bits per heavy atom. The third kappa shape index (κ3) is 10.0. The second kappa shape index (κ2) is 15.6. The molecule has 30 heavy (non-hydrogen) atoms. The summed E-state index contributed by atoms with van der Waals surface area (Å²) in [5.74, 6) is -0.231. The van der Waals surface area contributed by atoms with Crippen molar-refractivity contribution in [2.45, 2.75) is 34.6 Å². The van der Waals surface area contributed by atoms with Crippen molar-refractivity contribution in [3.63, 3.8) is 0 Å². The van der Waals surface area contributed by atoms with Crippen LogP contribution in [0.2, 0.25) is 0 Å². The molecule has 9 heteroatoms. The molecular weight excluding hydrogens is 412 g/mol. The molecule has 2 aromatic rings. The molecule has 1 aromatic heterocycles. The summed E-state index contributed by atoms with van der Waals surface area (Å²) >= 11 is 5.16. The monoisotopic (exact) mass is 444 g/mol. The molecule has 0 fully saturated rings. The van der Waals surface area contributed by atoms with E-state index in [0.717, 1.165) is 11.0 Å². The number of hydrogen-bond donors (Lipinski definition) is 0. The lowest BCUT2D eigenvalue weighted by atomic mass is 10.1. The van der Waals surface area contributed by atoms with Gasteiger partial charge in [-0.25, -0.2) is 9.78 Å². The van der Waals surface area contributed by atoms with Gasteiger partial charge in [0, 0.05) is 21.1 Å². The van der Waals surface area contributed by atoms with Crippen LogP contribution in [0.5, 0.6) is 0 Å². The summed E-state index contributed by atoms with van der Waals surface area (Å²) < 4.78 is 20.5. The van der Waals surface area contributed by atoms with Crippen molar-refractivity contribution < 1.29 is 28.5 Å². The van der Waals surface area contributed by atoms with Gasteiger partial charge >= 0.3 is 11.9 Å². The number of esters is 2. The summed E-state index contributed by atoms with van der Waals surface area (Å²) in [5.41, 5.74) is 4.15. The standard InChI is InChI=1S/C13H16N2O2.C4H9ClO2.C4H8O2/c1-5-17-13(16)12-14-10-6-8(2)9(3)7-11(10)15(12)4;1-6-2-3-7-4-5;1-3-6-4(2)5/h6-7H,5H2,1-4H3;2-4H2,1H3;3H2,1-2H3. The zero-order chi connectivity index (χ0) is 23.1. The van der Waals surface area contributed by atoms with Crippen LogP contribution in [0.4, 0.5) is 0 Å². The average molecular weight is 445 g/mol. The van der Waals surface area contributed by atoms with E-state index in [4.69, 9.17) is 21.1 Å². The molecule has 0 saturated carbocycles. The van der Waals surface area contributed by atoms with E-state index in [1.54, 1.807) is 25.5 Å². The first-order chi connectivity index (χ1) is 14.2. The minimum absolute atomic E-state index is 0.211. The van der Waals surface area contributed by atoms with Crippen LogP contribution in [0.3, 0.4) is 0 Å². The maximum Gasteiger partial charge on any atom is 0.374 e. The van der Waals surface area contributed by atoms with Gasteiger partial charge in [0.1, 0.15) is 6.07 Å². The number of hydrogen-bond acceptors (Lipinski definition) is 7. The van der Waals surface area contributed by atoms with Crippen molar-refractivity contribution in [1.82, 2.24) is 9.55 Å². The summed E-state index contributed by atoms with van der Waals surface area (Å²) in [7, 11) is 3.45. The van der Waals surface area contributed by atoms with E-state index < -0.39 is 0 Å². The quantitative estimate of drug-likeness (QED) is 0.364. The Labute approximate surface area is 183 Å². The van der Waals surface area contributed by atoms with Gasteiger partial charge in [-0.1, -0.05) is 11.6 Å². The van der Waals surface area contributed by atoms with E-state index in [1.807, 2.05) is 33.0 Å². The van der Waals surface area contributed by atoms with Crippen LogP contribution in [-0.2, 0) is 30.8 Å². The van der Waals surface area contributed by atoms with Crippen molar-refractivity contribution in [3.8, 4) is 0 Å². The smallest absolute Gasteiger partial charge is 0.374 e. The molecular formula is C21H33ClN2O6. The van der Waals surface area contributed by atoms with Gasteiger partial charge in [0.2, 0.25) is 5.82 Å². The Morgan fingerprint density at radius 3 is 2.13 bits per heavy atom. The molecule has 0 amide bonds. The highest BCUT2D eigenvalue weighted by molar-refractivity contribution is 6.17. The Kier molecular flexibility index (Phi) is 14.5. The predicted molar refractivity (Wildman–Crippen MR) is 117 cm³/mol. The first-order valence-electron chi connectivity index (χ1n) is 9.60. The number of aryl methyl sites for hydroxylation is 3. The summed E-state index contributed by atoms with van der Waals surface area (Å²) in [6, 6.07) is 4.29. The number of fused-ring (bicyclic) bond motifs is 1. The van der Waals surface area contributed by atoms with Crippen LogP contribution in [0, 0.1) is 13.8 Å². The Balaban J connectivity index is 0.000000538. The molecule has 0 radical (unpaired) electrons. The summed E-state index contributed by atoms with van der Waals surface area (Å²) in [6.45, 7) is 11.1. The molecule has 0 N–H and O–H groups in total. The van der Waals surface area contributed by atoms with Gasteiger partial charge in [0.25, 0.3) is 0 Å². The SMILES string of the molecule is CCOC(=O)c1nc2cc(C)c(C)cc2n1C.CCOC(C)=O.COCCOCCl. The van der Waals surface area contributed by atoms with Crippen LogP contribution >= 0.6 is 11.6 Å². The van der Waals surface area contributed by atoms with E-state index in [0.29, 0.717) is 32.3 Å². The number of imidazole rings is 1. The number of rotatable bonds is 7. The molecule has 0 unspecified atom stereocenters. The van der Waals surface area contributed by atoms with E-state index in [-0.39, 0.29) is 18.0 Å². The average Bonchev–Trinajstić information content (AvgIpc) is 3.00. The van der Waals surface area contributed by atoms with Crippen LogP contribution in [0.15, 0.2) is 12.1 Å². The third-order valence-corrected chi connectivity index (χ3v) is 3.97. The Bertz CT molecular complexity index is 787. The molecule has 0 aliphatic rings. The van der Waals surface area contributed by atoms with E-state index in [9.17, 15) is 9.59 Å². The third-order valence-electron chi connectivity index (χ3n) is 3.81. The summed E-state index contributed by atoms with van der Waals surface area (Å²) in [4.78, 5) is 25.8. The maximum atomic E-state index is 11.7. The highest BCUT2D eigenvalue weighted by Gasteiger charge is 2.16. The van der Waals surface area contributed by atoms with Gasteiger partial charge in [0.05, 0.1) is 37.5 Å². The summed E-state index contributed by atoms with van der Waals surface area (Å²) in [5, 5.41) is 0. The molecule has 0 spiro atoms. The molecule has 1 heterocycles. The number of aromatic nitrogens is 2. The fraction of sp³-hybridized carbons (Fsp3) is 0.571. The number of halogens is 1. The van der Waals surface area contributed by atoms with Crippen LogP contribution in [-0.4, -0.2) is 61.1 Å². The number of methoxy groups -OCH3 is 1. The number of alkyl halides is 1. The van der Waals surface area contributed by atoms with Gasteiger partial charge in [-0.15, -0.1) is 0 Å². The first-order valence-corrected chi connectivity index (χ1v) is 10.1. The normalized spacial score (nSPS) is 9.87. The van der Waals surface area contributed by atoms with Gasteiger partial charge < -0.3 is 23.5 Å². The molecule has 0 atom stereocenters. The van der Waals surface area contributed by atoms with Crippen molar-refractivity contribution in [2.24, 2.45) is 7.05 Å². The minimum Gasteiger partial charge on any atom is -0.466 e. The lowest BCUT2D eigenvalue weighted by molar-refractivity contribution is -0.140. The molecule has 1 aromatic carbocycles. The molecule has 0 aliphatic heterocycles. The molecule has 0 aliphatic carbocycles.